The third kappa shape index (κ3) is 5.79. The summed E-state index contributed by atoms with van der Waals surface area (Å²) in [6, 6.07) is 30.1. The van der Waals surface area contributed by atoms with E-state index in [4.69, 9.17) is 0 Å². The number of fused-ring (bicyclic) bond motifs is 8. The van der Waals surface area contributed by atoms with Crippen LogP contribution < -0.4 is 0 Å². The molecule has 13 rings (SSSR count). The molecule has 6 aliphatic rings. The summed E-state index contributed by atoms with van der Waals surface area (Å²) in [7, 11) is 0. The quantitative estimate of drug-likeness (QED) is 0.0946. The zero-order valence-electron chi connectivity index (χ0n) is 42.4. The SMILES string of the molecule is CC(C)c1ccc2c(c1)CCC1C(C)(CN3C(=O)c4ccc5c6ccc7c8c(ccc(c9ccc(c4c59)C3=O)c86)C(=O)N(CC3(C)CCCC4(C)c5ccc(C(C)C)cc5CCC34)C7=O)CCCC21C. The molecule has 2 saturated carbocycles. The van der Waals surface area contributed by atoms with Crippen LogP contribution in [-0.4, -0.2) is 46.5 Å². The van der Waals surface area contributed by atoms with Crippen molar-refractivity contribution in [3.63, 3.8) is 0 Å². The van der Waals surface area contributed by atoms with Crippen LogP contribution in [0.2, 0.25) is 0 Å². The highest BCUT2D eigenvalue weighted by atomic mass is 16.2. The first-order chi connectivity index (χ1) is 33.5. The molecule has 0 aromatic heterocycles. The van der Waals surface area contributed by atoms with Crippen LogP contribution in [0.1, 0.15) is 193 Å². The summed E-state index contributed by atoms with van der Waals surface area (Å²) >= 11 is 0. The van der Waals surface area contributed by atoms with Gasteiger partial charge in [-0.15, -0.1) is 0 Å². The first-order valence-corrected chi connectivity index (χ1v) is 26.6. The molecule has 4 amide bonds. The van der Waals surface area contributed by atoms with Crippen LogP contribution in [-0.2, 0) is 23.7 Å². The second kappa shape index (κ2) is 14.8. The number of rotatable bonds is 6. The van der Waals surface area contributed by atoms with E-state index in [2.05, 4.69) is 91.8 Å². The Morgan fingerprint density at radius 1 is 0.457 bits per heavy atom. The molecule has 7 aromatic rings. The maximum absolute atomic E-state index is 14.9. The van der Waals surface area contributed by atoms with Crippen LogP contribution in [0, 0.1) is 22.7 Å². The molecule has 0 saturated heterocycles. The minimum Gasteiger partial charge on any atom is -0.274 e. The fourth-order valence-electron chi connectivity index (χ4n) is 16.8. The van der Waals surface area contributed by atoms with Crippen molar-refractivity contribution < 1.29 is 19.2 Å². The van der Waals surface area contributed by atoms with E-state index in [9.17, 15) is 19.2 Å². The smallest absolute Gasteiger partial charge is 0.261 e. The van der Waals surface area contributed by atoms with Crippen LogP contribution in [0.5, 0.6) is 0 Å². The summed E-state index contributed by atoms with van der Waals surface area (Å²) in [6.45, 7) is 19.4. The zero-order valence-corrected chi connectivity index (χ0v) is 42.4. The molecule has 2 aliphatic heterocycles. The Bertz CT molecular complexity index is 3140. The zero-order chi connectivity index (χ0) is 48.6. The summed E-state index contributed by atoms with van der Waals surface area (Å²) in [5.74, 6) is 0.775. The lowest BCUT2D eigenvalue weighted by atomic mass is 9.49. The predicted molar refractivity (Wildman–Crippen MR) is 282 cm³/mol. The summed E-state index contributed by atoms with van der Waals surface area (Å²) in [5, 5.41) is 6.90. The second-order valence-electron chi connectivity index (χ2n) is 24.7. The van der Waals surface area contributed by atoms with Crippen LogP contribution in [0.3, 0.4) is 0 Å². The van der Waals surface area contributed by atoms with Gasteiger partial charge in [-0.25, -0.2) is 0 Å². The molecule has 0 N–H and O–H groups in total. The van der Waals surface area contributed by atoms with Crippen LogP contribution >= 0.6 is 0 Å². The molecule has 7 aromatic carbocycles. The number of amides is 4. The Kier molecular flexibility index (Phi) is 9.35. The number of carbonyl (C=O) groups excluding carboxylic acids is 4. The van der Waals surface area contributed by atoms with Crippen molar-refractivity contribution in [1.29, 1.82) is 0 Å². The molecule has 356 valence electrons. The number of hydrogen-bond donors (Lipinski definition) is 0. The van der Waals surface area contributed by atoms with Gasteiger partial charge < -0.3 is 0 Å². The molecule has 6 heteroatoms. The minimum atomic E-state index is -0.233. The van der Waals surface area contributed by atoms with Gasteiger partial charge in [-0.05, 0) is 187 Å². The Balaban J connectivity index is 0.842. The molecule has 6 unspecified atom stereocenters. The van der Waals surface area contributed by atoms with Crippen molar-refractivity contribution in [2.45, 2.75) is 142 Å². The monoisotopic (exact) mass is 927 g/mol. The third-order valence-corrected chi connectivity index (χ3v) is 20.2. The van der Waals surface area contributed by atoms with Gasteiger partial charge in [-0.2, -0.15) is 0 Å². The number of nitrogens with zero attached hydrogens (tertiary/aromatic N) is 2. The number of benzene rings is 7. The van der Waals surface area contributed by atoms with Crippen molar-refractivity contribution in [1.82, 2.24) is 9.80 Å². The molecule has 4 aliphatic carbocycles. The van der Waals surface area contributed by atoms with Crippen LogP contribution in [0.25, 0.3) is 43.1 Å². The Labute approximate surface area is 412 Å². The maximum Gasteiger partial charge on any atom is 0.261 e. The first kappa shape index (κ1) is 44.1. The van der Waals surface area contributed by atoms with Crippen molar-refractivity contribution in [3.8, 4) is 0 Å². The molecule has 0 bridgehead atoms. The summed E-state index contributed by atoms with van der Waals surface area (Å²) in [6.07, 6.45) is 10.4. The van der Waals surface area contributed by atoms with Gasteiger partial charge in [0.25, 0.3) is 23.6 Å². The Morgan fingerprint density at radius 3 is 1.13 bits per heavy atom. The molecular weight excluding hydrogens is 861 g/mol. The fourth-order valence-corrected chi connectivity index (χ4v) is 16.8. The van der Waals surface area contributed by atoms with E-state index in [-0.39, 0.29) is 45.3 Å². The van der Waals surface area contributed by atoms with Crippen molar-refractivity contribution in [2.75, 3.05) is 13.1 Å². The van der Waals surface area contributed by atoms with Gasteiger partial charge in [0.15, 0.2) is 0 Å². The number of imide groups is 2. The number of hydrogen-bond acceptors (Lipinski definition) is 4. The lowest BCUT2D eigenvalue weighted by molar-refractivity contribution is 0.000153. The highest BCUT2D eigenvalue weighted by Gasteiger charge is 2.55. The van der Waals surface area contributed by atoms with E-state index in [1.165, 1.54) is 33.4 Å². The van der Waals surface area contributed by atoms with Crippen molar-refractivity contribution in [3.05, 3.63) is 141 Å². The normalized spacial score (nSPS) is 28.4. The predicted octanol–water partition coefficient (Wildman–Crippen LogP) is 14.6. The van der Waals surface area contributed by atoms with Crippen molar-refractivity contribution >= 4 is 66.7 Å². The van der Waals surface area contributed by atoms with Gasteiger partial charge in [0.05, 0.1) is 0 Å². The molecule has 6 nitrogen and oxygen atoms in total. The first-order valence-electron chi connectivity index (χ1n) is 26.6. The standard InChI is InChI=1S/C64H66N2O4/c1-35(2)37-11-23-49-39(31-37)13-25-51-61(5,27-9-29-63(49,51)7)33-65-57(67)45-19-15-41-43-17-21-47-56-48(22-18-44(54(43)56)42-16-20-46(58(65)68)55(45)53(41)42)60(70)66(59(47)69)34-62(6)28-10-30-64(8)50-24-12-38(36(3)4)32-40(50)14-26-52(62)64/h11-12,15-24,31-32,35-36,51-52H,9-10,13-14,25-30,33-34H2,1-8H3. The fraction of sp³-hybridized carbons (Fsp3) is 0.438. The van der Waals surface area contributed by atoms with E-state index in [1.807, 2.05) is 48.5 Å². The molecule has 6 atom stereocenters. The molecule has 0 radical (unpaired) electrons. The molecule has 2 fully saturated rings. The molecule has 2 heterocycles. The largest absolute Gasteiger partial charge is 0.274 e. The minimum absolute atomic E-state index is 0.0186. The number of aryl methyl sites for hydroxylation is 2. The highest BCUT2D eigenvalue weighted by molar-refractivity contribution is 6.41. The van der Waals surface area contributed by atoms with Crippen molar-refractivity contribution in [2.24, 2.45) is 22.7 Å². The highest BCUT2D eigenvalue weighted by Crippen LogP contribution is 2.60. The van der Waals surface area contributed by atoms with E-state index in [1.54, 1.807) is 9.80 Å². The second-order valence-corrected chi connectivity index (χ2v) is 24.7. The maximum atomic E-state index is 14.9. The van der Waals surface area contributed by atoms with E-state index < -0.39 is 0 Å². The van der Waals surface area contributed by atoms with Gasteiger partial charge in [0, 0.05) is 46.1 Å². The molecule has 70 heavy (non-hydrogen) atoms. The third-order valence-electron chi connectivity index (χ3n) is 20.2. The lowest BCUT2D eigenvalue weighted by Crippen LogP contribution is -2.55. The van der Waals surface area contributed by atoms with E-state index in [0.29, 0.717) is 69.8 Å². The van der Waals surface area contributed by atoms with Crippen LogP contribution in [0.15, 0.2) is 84.9 Å². The molecule has 0 spiro atoms. The van der Waals surface area contributed by atoms with Gasteiger partial charge >= 0.3 is 0 Å². The van der Waals surface area contributed by atoms with Crippen LogP contribution in [0.4, 0.5) is 0 Å². The van der Waals surface area contributed by atoms with Gasteiger partial charge in [-0.1, -0.05) is 129 Å². The average molecular weight is 927 g/mol. The van der Waals surface area contributed by atoms with Gasteiger partial charge in [0.2, 0.25) is 0 Å². The summed E-state index contributed by atoms with van der Waals surface area (Å²) in [4.78, 5) is 63.0. The van der Waals surface area contributed by atoms with E-state index >= 15 is 0 Å². The Morgan fingerprint density at radius 2 is 0.800 bits per heavy atom. The topological polar surface area (TPSA) is 74.8 Å². The lowest BCUT2D eigenvalue weighted by Gasteiger charge is -2.56. The van der Waals surface area contributed by atoms with Gasteiger partial charge in [0.1, 0.15) is 0 Å². The molecular formula is C64H66N2O4. The van der Waals surface area contributed by atoms with Gasteiger partial charge in [-0.3, -0.25) is 29.0 Å². The van der Waals surface area contributed by atoms with E-state index in [0.717, 1.165) is 96.5 Å². The summed E-state index contributed by atoms with van der Waals surface area (Å²) in [5.41, 5.74) is 10.4. The summed E-state index contributed by atoms with van der Waals surface area (Å²) < 4.78 is 0. The average Bonchev–Trinajstić information content (AvgIpc) is 3.34. The Hall–Kier alpha value is -5.88. The number of carbonyl (C=O) groups is 4.